The molecule has 1 amide bonds. The van der Waals surface area contributed by atoms with Gasteiger partial charge in [0.1, 0.15) is 5.75 Å². The average molecular weight is 362 g/mol. The highest BCUT2D eigenvalue weighted by Crippen LogP contribution is 2.27. The van der Waals surface area contributed by atoms with Gasteiger partial charge in [0.25, 0.3) is 5.91 Å². The summed E-state index contributed by atoms with van der Waals surface area (Å²) in [6, 6.07) is 15.7. The number of pyridine rings is 1. The van der Waals surface area contributed by atoms with Crippen molar-refractivity contribution in [2.45, 2.75) is 33.7 Å². The summed E-state index contributed by atoms with van der Waals surface area (Å²) >= 11 is 0. The number of carbonyl (C=O) groups excluding carboxylic acids is 1. The molecule has 1 N–H and O–H groups in total. The maximum atomic E-state index is 13.0. The first-order valence-electron chi connectivity index (χ1n) is 9.25. The summed E-state index contributed by atoms with van der Waals surface area (Å²) in [5.74, 6) is 1.09. The molecular weight excluding hydrogens is 336 g/mol. The topological polar surface area (TPSA) is 51.2 Å². The lowest BCUT2D eigenvalue weighted by molar-refractivity contribution is 0.0932. The number of ether oxygens (including phenoxy) is 1. The van der Waals surface area contributed by atoms with Gasteiger partial charge in [-0.15, -0.1) is 0 Å². The van der Waals surface area contributed by atoms with Gasteiger partial charge in [-0.3, -0.25) is 4.79 Å². The predicted molar refractivity (Wildman–Crippen MR) is 110 cm³/mol. The number of aromatic nitrogens is 1. The molecule has 0 aliphatic heterocycles. The molecule has 0 bridgehead atoms. The van der Waals surface area contributed by atoms with Crippen LogP contribution in [-0.4, -0.2) is 24.0 Å². The standard InChI is InChI=1S/C23H26N2O2/c1-14(2)16(4)24-23(26)20-13-22(17-7-9-18(27-5)10-8-17)25-21-11-6-15(3)12-19(20)21/h6-14,16H,1-5H3,(H,24,26). The van der Waals surface area contributed by atoms with Crippen LogP contribution in [0.2, 0.25) is 0 Å². The molecule has 2 aromatic carbocycles. The highest BCUT2D eigenvalue weighted by Gasteiger charge is 2.17. The van der Waals surface area contributed by atoms with E-state index in [1.165, 1.54) is 0 Å². The fourth-order valence-corrected chi connectivity index (χ4v) is 2.89. The third kappa shape index (κ3) is 4.11. The van der Waals surface area contributed by atoms with Gasteiger partial charge in [-0.2, -0.15) is 0 Å². The third-order valence-corrected chi connectivity index (χ3v) is 4.95. The van der Waals surface area contributed by atoms with Crippen LogP contribution >= 0.6 is 0 Å². The maximum absolute atomic E-state index is 13.0. The van der Waals surface area contributed by atoms with E-state index >= 15 is 0 Å². The molecule has 0 aliphatic carbocycles. The zero-order valence-corrected chi connectivity index (χ0v) is 16.5. The molecule has 4 nitrogen and oxygen atoms in total. The van der Waals surface area contributed by atoms with Gasteiger partial charge in [0.15, 0.2) is 0 Å². The van der Waals surface area contributed by atoms with Crippen molar-refractivity contribution in [3.8, 4) is 17.0 Å². The Balaban J connectivity index is 2.11. The van der Waals surface area contributed by atoms with Gasteiger partial charge in [0.2, 0.25) is 0 Å². The molecule has 3 rings (SSSR count). The van der Waals surface area contributed by atoms with Crippen molar-refractivity contribution >= 4 is 16.8 Å². The Hall–Kier alpha value is -2.88. The Morgan fingerprint density at radius 1 is 1.04 bits per heavy atom. The smallest absolute Gasteiger partial charge is 0.252 e. The van der Waals surface area contributed by atoms with Crippen LogP contribution in [0.25, 0.3) is 22.2 Å². The molecule has 1 aromatic heterocycles. The summed E-state index contributed by atoms with van der Waals surface area (Å²) in [7, 11) is 1.64. The normalized spacial score (nSPS) is 12.2. The second-order valence-corrected chi connectivity index (χ2v) is 7.31. The van der Waals surface area contributed by atoms with Crippen LogP contribution < -0.4 is 10.1 Å². The number of fused-ring (bicyclic) bond motifs is 1. The van der Waals surface area contributed by atoms with Crippen molar-refractivity contribution in [1.29, 1.82) is 0 Å². The van der Waals surface area contributed by atoms with Crippen LogP contribution in [0.4, 0.5) is 0 Å². The number of amides is 1. The highest BCUT2D eigenvalue weighted by atomic mass is 16.5. The lowest BCUT2D eigenvalue weighted by Crippen LogP contribution is -2.36. The van der Waals surface area contributed by atoms with Crippen molar-refractivity contribution in [3.63, 3.8) is 0 Å². The first kappa shape index (κ1) is 18.9. The second-order valence-electron chi connectivity index (χ2n) is 7.31. The molecule has 0 fully saturated rings. The zero-order valence-electron chi connectivity index (χ0n) is 16.5. The molecular formula is C23H26N2O2. The Morgan fingerprint density at radius 3 is 2.37 bits per heavy atom. The molecule has 0 radical (unpaired) electrons. The number of benzene rings is 2. The van der Waals surface area contributed by atoms with Crippen molar-refractivity contribution in [1.82, 2.24) is 10.3 Å². The molecule has 0 saturated carbocycles. The fourth-order valence-electron chi connectivity index (χ4n) is 2.89. The van der Waals surface area contributed by atoms with E-state index < -0.39 is 0 Å². The molecule has 4 heteroatoms. The fraction of sp³-hybridized carbons (Fsp3) is 0.304. The number of nitrogens with zero attached hydrogens (tertiary/aromatic N) is 1. The molecule has 0 saturated heterocycles. The predicted octanol–water partition coefficient (Wildman–Crippen LogP) is 4.99. The van der Waals surface area contributed by atoms with Gasteiger partial charge < -0.3 is 10.1 Å². The summed E-state index contributed by atoms with van der Waals surface area (Å²) in [6.45, 7) is 8.25. The van der Waals surface area contributed by atoms with E-state index in [0.717, 1.165) is 33.5 Å². The van der Waals surface area contributed by atoms with Gasteiger partial charge in [-0.05, 0) is 62.2 Å². The maximum Gasteiger partial charge on any atom is 0.252 e. The minimum atomic E-state index is -0.0658. The summed E-state index contributed by atoms with van der Waals surface area (Å²) in [5, 5.41) is 3.99. The number of nitrogens with one attached hydrogen (secondary N) is 1. The van der Waals surface area contributed by atoms with E-state index in [4.69, 9.17) is 9.72 Å². The van der Waals surface area contributed by atoms with Crippen LogP contribution in [0.5, 0.6) is 5.75 Å². The summed E-state index contributed by atoms with van der Waals surface area (Å²) in [6.07, 6.45) is 0. The lowest BCUT2D eigenvalue weighted by atomic mass is 10.0. The Bertz CT molecular complexity index is 962. The minimum absolute atomic E-state index is 0.0658. The summed E-state index contributed by atoms with van der Waals surface area (Å²) in [4.78, 5) is 17.8. The average Bonchev–Trinajstić information content (AvgIpc) is 2.67. The number of aryl methyl sites for hydroxylation is 1. The number of carbonyl (C=O) groups is 1. The number of methoxy groups -OCH3 is 1. The van der Waals surface area contributed by atoms with Crippen LogP contribution in [0.3, 0.4) is 0 Å². The lowest BCUT2D eigenvalue weighted by Gasteiger charge is -2.18. The van der Waals surface area contributed by atoms with Gasteiger partial charge in [0, 0.05) is 17.0 Å². The first-order valence-corrected chi connectivity index (χ1v) is 9.25. The van der Waals surface area contributed by atoms with Gasteiger partial charge in [0.05, 0.1) is 23.9 Å². The van der Waals surface area contributed by atoms with E-state index in [-0.39, 0.29) is 11.9 Å². The van der Waals surface area contributed by atoms with Crippen LogP contribution in [0.15, 0.2) is 48.5 Å². The third-order valence-electron chi connectivity index (χ3n) is 4.95. The van der Waals surface area contributed by atoms with E-state index in [0.29, 0.717) is 11.5 Å². The van der Waals surface area contributed by atoms with E-state index in [9.17, 15) is 4.79 Å². The van der Waals surface area contributed by atoms with Crippen molar-refractivity contribution in [2.75, 3.05) is 7.11 Å². The number of hydrogen-bond acceptors (Lipinski definition) is 3. The quantitative estimate of drug-likeness (QED) is 0.695. The van der Waals surface area contributed by atoms with Crippen LogP contribution in [0, 0.1) is 12.8 Å². The number of hydrogen-bond donors (Lipinski definition) is 1. The van der Waals surface area contributed by atoms with Crippen molar-refractivity contribution in [2.24, 2.45) is 5.92 Å². The number of rotatable bonds is 5. The van der Waals surface area contributed by atoms with Crippen LogP contribution in [-0.2, 0) is 0 Å². The van der Waals surface area contributed by atoms with Gasteiger partial charge in [-0.25, -0.2) is 4.98 Å². The SMILES string of the molecule is COc1ccc(-c2cc(C(=O)NC(C)C(C)C)c3cc(C)ccc3n2)cc1. The van der Waals surface area contributed by atoms with Crippen LogP contribution in [0.1, 0.15) is 36.7 Å². The summed E-state index contributed by atoms with van der Waals surface area (Å²) < 4.78 is 5.23. The van der Waals surface area contributed by atoms with Crippen molar-refractivity contribution < 1.29 is 9.53 Å². The van der Waals surface area contributed by atoms with Gasteiger partial charge >= 0.3 is 0 Å². The van der Waals surface area contributed by atoms with Crippen molar-refractivity contribution in [3.05, 3.63) is 59.7 Å². The zero-order chi connectivity index (χ0) is 19.6. The molecule has 140 valence electrons. The minimum Gasteiger partial charge on any atom is -0.497 e. The monoisotopic (exact) mass is 362 g/mol. The van der Waals surface area contributed by atoms with Gasteiger partial charge in [-0.1, -0.05) is 25.5 Å². The largest absolute Gasteiger partial charge is 0.497 e. The first-order chi connectivity index (χ1) is 12.9. The molecule has 0 aliphatic rings. The molecule has 3 aromatic rings. The molecule has 0 spiro atoms. The van der Waals surface area contributed by atoms with E-state index in [1.54, 1.807) is 7.11 Å². The molecule has 1 unspecified atom stereocenters. The second kappa shape index (κ2) is 7.78. The summed E-state index contributed by atoms with van der Waals surface area (Å²) in [5.41, 5.74) is 4.30. The Morgan fingerprint density at radius 2 is 1.74 bits per heavy atom. The van der Waals surface area contributed by atoms with E-state index in [2.05, 4.69) is 19.2 Å². The highest BCUT2D eigenvalue weighted by molar-refractivity contribution is 6.07. The molecule has 1 atom stereocenters. The Kier molecular flexibility index (Phi) is 5.45. The Labute approximate surface area is 160 Å². The molecule has 27 heavy (non-hydrogen) atoms. The van der Waals surface area contributed by atoms with E-state index in [1.807, 2.05) is 62.4 Å². The molecule has 1 heterocycles.